The monoisotopic (exact) mass is 476 g/mol. The number of morpholine rings is 1. The second-order valence-corrected chi connectivity index (χ2v) is 9.71. The van der Waals surface area contributed by atoms with Crippen LogP contribution in [0.3, 0.4) is 0 Å². The molecule has 2 aliphatic rings. The third kappa shape index (κ3) is 5.12. The maximum atomic E-state index is 12.8. The summed E-state index contributed by atoms with van der Waals surface area (Å²) < 4.78 is 42.8. The first-order valence-corrected chi connectivity index (χ1v) is 12.1. The first-order chi connectivity index (χ1) is 15.9. The minimum atomic E-state index is -3.58. The fourth-order valence-corrected chi connectivity index (χ4v) is 5.32. The molecule has 2 aromatic rings. The number of hydrogen-bond donors (Lipinski definition) is 3. The number of nitrogens with zero attached hydrogens (tertiary/aromatic N) is 1. The number of carbonyl (C=O) groups excluding carboxylic acids is 1. The quantitative estimate of drug-likeness (QED) is 0.547. The van der Waals surface area contributed by atoms with E-state index in [1.54, 1.807) is 32.4 Å². The summed E-state index contributed by atoms with van der Waals surface area (Å²) in [7, 11) is -0.392. The third-order valence-electron chi connectivity index (χ3n) is 5.77. The van der Waals surface area contributed by atoms with E-state index >= 15 is 0 Å². The van der Waals surface area contributed by atoms with Crippen LogP contribution in [0.2, 0.25) is 0 Å². The number of anilines is 1. The number of sulfonamides is 1. The smallest absolute Gasteiger partial charge is 0.243 e. The highest BCUT2D eigenvalue weighted by Crippen LogP contribution is 2.33. The zero-order valence-electron chi connectivity index (χ0n) is 18.5. The van der Waals surface area contributed by atoms with Gasteiger partial charge in [-0.3, -0.25) is 4.79 Å². The second kappa shape index (κ2) is 10.1. The Balaban J connectivity index is 1.38. The Morgan fingerprint density at radius 1 is 1.06 bits per heavy atom. The van der Waals surface area contributed by atoms with Crippen molar-refractivity contribution in [1.29, 1.82) is 0 Å². The Labute approximate surface area is 193 Å². The molecule has 11 heteroatoms. The van der Waals surface area contributed by atoms with Gasteiger partial charge in [-0.25, -0.2) is 19.3 Å². The van der Waals surface area contributed by atoms with Crippen molar-refractivity contribution >= 4 is 21.6 Å². The van der Waals surface area contributed by atoms with Crippen LogP contribution in [0.5, 0.6) is 11.5 Å². The molecule has 10 nitrogen and oxygen atoms in total. The van der Waals surface area contributed by atoms with Crippen molar-refractivity contribution in [2.24, 2.45) is 0 Å². The first-order valence-electron chi connectivity index (χ1n) is 10.6. The topological polar surface area (TPSA) is 118 Å². The average molecular weight is 477 g/mol. The van der Waals surface area contributed by atoms with Gasteiger partial charge in [0.15, 0.2) is 0 Å². The van der Waals surface area contributed by atoms with Crippen molar-refractivity contribution in [1.82, 2.24) is 15.2 Å². The fraction of sp³-hybridized carbons (Fsp3) is 0.409. The number of rotatable bonds is 7. The lowest BCUT2D eigenvalue weighted by atomic mass is 10.0. The van der Waals surface area contributed by atoms with Gasteiger partial charge < -0.3 is 19.5 Å². The van der Waals surface area contributed by atoms with Crippen LogP contribution in [-0.4, -0.2) is 65.2 Å². The molecule has 2 heterocycles. The Hall–Kier alpha value is -2.70. The third-order valence-corrected chi connectivity index (χ3v) is 7.68. The van der Waals surface area contributed by atoms with Gasteiger partial charge in [0.05, 0.1) is 38.4 Å². The van der Waals surface area contributed by atoms with Crippen LogP contribution in [-0.2, 0) is 19.6 Å². The highest BCUT2D eigenvalue weighted by Gasteiger charge is 2.32. The van der Waals surface area contributed by atoms with Gasteiger partial charge in [-0.05, 0) is 36.8 Å². The van der Waals surface area contributed by atoms with Gasteiger partial charge >= 0.3 is 0 Å². The molecule has 2 fully saturated rings. The summed E-state index contributed by atoms with van der Waals surface area (Å²) in [4.78, 5) is 13.0. The Bertz CT molecular complexity index is 1090. The number of ether oxygens (including phenoxy) is 3. The van der Waals surface area contributed by atoms with E-state index in [9.17, 15) is 13.2 Å². The molecule has 2 saturated heterocycles. The largest absolute Gasteiger partial charge is 0.497 e. The lowest BCUT2D eigenvalue weighted by molar-refractivity contribution is -0.117. The molecule has 2 unspecified atom stereocenters. The molecule has 4 rings (SSSR count). The van der Waals surface area contributed by atoms with Gasteiger partial charge in [-0.1, -0.05) is 6.07 Å². The van der Waals surface area contributed by atoms with Gasteiger partial charge in [0.1, 0.15) is 17.5 Å². The van der Waals surface area contributed by atoms with Crippen LogP contribution < -0.4 is 25.6 Å². The number of methoxy groups -OCH3 is 2. The highest BCUT2D eigenvalue weighted by atomic mass is 32.2. The Morgan fingerprint density at radius 3 is 2.45 bits per heavy atom. The molecule has 0 radical (unpaired) electrons. The van der Waals surface area contributed by atoms with Crippen molar-refractivity contribution in [3.8, 4) is 11.5 Å². The summed E-state index contributed by atoms with van der Waals surface area (Å²) in [6.07, 6.45) is 0.512. The molecule has 2 aromatic carbocycles. The van der Waals surface area contributed by atoms with E-state index in [1.165, 1.54) is 16.4 Å². The summed E-state index contributed by atoms with van der Waals surface area (Å²) in [6, 6.07) is 11.2. The molecule has 0 aliphatic carbocycles. The summed E-state index contributed by atoms with van der Waals surface area (Å²) in [5, 5.41) is 2.84. The van der Waals surface area contributed by atoms with E-state index in [0.717, 1.165) is 5.56 Å². The Morgan fingerprint density at radius 2 is 1.79 bits per heavy atom. The lowest BCUT2D eigenvalue weighted by Gasteiger charge is -2.26. The second-order valence-electron chi connectivity index (χ2n) is 7.77. The van der Waals surface area contributed by atoms with E-state index in [2.05, 4.69) is 16.2 Å². The van der Waals surface area contributed by atoms with Gasteiger partial charge in [-0.2, -0.15) is 4.31 Å². The minimum Gasteiger partial charge on any atom is -0.497 e. The van der Waals surface area contributed by atoms with Crippen molar-refractivity contribution in [2.45, 2.75) is 23.4 Å². The van der Waals surface area contributed by atoms with Crippen molar-refractivity contribution in [2.75, 3.05) is 45.8 Å². The standard InChI is InChI=1S/C22H28N4O6S/c1-30-16-5-8-18(21(13-16)31-2)19-14-20(25-24-19)22(27)23-15-3-6-17(7-4-15)33(28,29)26-9-11-32-12-10-26/h3-8,13,19-20,24-25H,9-12,14H2,1-2H3,(H,23,27). The molecule has 178 valence electrons. The summed E-state index contributed by atoms with van der Waals surface area (Å²) in [5.41, 5.74) is 7.60. The predicted molar refractivity (Wildman–Crippen MR) is 122 cm³/mol. The van der Waals surface area contributed by atoms with E-state index in [4.69, 9.17) is 14.2 Å². The van der Waals surface area contributed by atoms with Crippen LogP contribution in [0.1, 0.15) is 18.0 Å². The van der Waals surface area contributed by atoms with E-state index in [1.807, 2.05) is 12.1 Å². The number of hydrazine groups is 1. The zero-order valence-corrected chi connectivity index (χ0v) is 19.4. The first kappa shape index (κ1) is 23.5. The maximum absolute atomic E-state index is 12.8. The van der Waals surface area contributed by atoms with E-state index in [-0.39, 0.29) is 16.8 Å². The summed E-state index contributed by atoms with van der Waals surface area (Å²) in [5.74, 6) is 1.14. The Kier molecular flexibility index (Phi) is 7.15. The van der Waals surface area contributed by atoms with Crippen LogP contribution >= 0.6 is 0 Å². The number of hydrogen-bond acceptors (Lipinski definition) is 8. The SMILES string of the molecule is COc1ccc(C2CC(C(=O)Nc3ccc(S(=O)(=O)N4CCOCC4)cc3)NN2)c(OC)c1. The molecule has 33 heavy (non-hydrogen) atoms. The van der Waals surface area contributed by atoms with Crippen LogP contribution in [0.4, 0.5) is 5.69 Å². The molecular weight excluding hydrogens is 448 g/mol. The molecule has 1 amide bonds. The minimum absolute atomic E-state index is 0.123. The van der Waals surface area contributed by atoms with Gasteiger partial charge in [0.25, 0.3) is 0 Å². The zero-order chi connectivity index (χ0) is 23.4. The lowest BCUT2D eigenvalue weighted by Crippen LogP contribution is -2.40. The predicted octanol–water partition coefficient (Wildman–Crippen LogP) is 1.27. The molecule has 2 aliphatic heterocycles. The van der Waals surface area contributed by atoms with Crippen LogP contribution in [0.25, 0.3) is 0 Å². The molecule has 2 atom stereocenters. The highest BCUT2D eigenvalue weighted by molar-refractivity contribution is 7.89. The van der Waals surface area contributed by atoms with E-state index in [0.29, 0.717) is 49.9 Å². The van der Waals surface area contributed by atoms with E-state index < -0.39 is 16.1 Å². The summed E-state index contributed by atoms with van der Waals surface area (Å²) in [6.45, 7) is 1.45. The fourth-order valence-electron chi connectivity index (χ4n) is 3.91. The number of benzene rings is 2. The normalized spacial score (nSPS) is 21.5. The average Bonchev–Trinajstić information content (AvgIpc) is 3.35. The van der Waals surface area contributed by atoms with Gasteiger partial charge in [-0.15, -0.1) is 0 Å². The number of nitrogens with one attached hydrogen (secondary N) is 3. The van der Waals surface area contributed by atoms with Gasteiger partial charge in [0.2, 0.25) is 15.9 Å². The van der Waals surface area contributed by atoms with Crippen molar-refractivity contribution in [3.63, 3.8) is 0 Å². The van der Waals surface area contributed by atoms with Crippen LogP contribution in [0, 0.1) is 0 Å². The molecule has 3 N–H and O–H groups in total. The molecular formula is C22H28N4O6S. The van der Waals surface area contributed by atoms with Gasteiger partial charge in [0, 0.05) is 30.4 Å². The maximum Gasteiger partial charge on any atom is 0.243 e. The van der Waals surface area contributed by atoms with Crippen molar-refractivity contribution < 1.29 is 27.4 Å². The molecule has 0 bridgehead atoms. The van der Waals surface area contributed by atoms with Crippen molar-refractivity contribution in [3.05, 3.63) is 48.0 Å². The van der Waals surface area contributed by atoms with Crippen LogP contribution in [0.15, 0.2) is 47.4 Å². The molecule has 0 saturated carbocycles. The number of amides is 1. The molecule has 0 aromatic heterocycles. The number of carbonyl (C=O) groups is 1. The molecule has 0 spiro atoms. The summed E-state index contributed by atoms with van der Waals surface area (Å²) >= 11 is 0.